The number of hydrogen-bond donors (Lipinski definition) is 1. The highest BCUT2D eigenvalue weighted by Gasteiger charge is 2.07. The first-order chi connectivity index (χ1) is 10.8. The number of pyridine rings is 1. The second-order valence-corrected chi connectivity index (χ2v) is 4.78. The lowest BCUT2D eigenvalue weighted by Gasteiger charge is -2.10. The third kappa shape index (κ3) is 3.35. The van der Waals surface area contributed by atoms with E-state index in [1.165, 1.54) is 6.33 Å². The van der Waals surface area contributed by atoms with Crippen LogP contribution in [0.2, 0.25) is 0 Å². The van der Waals surface area contributed by atoms with E-state index in [0.717, 1.165) is 16.8 Å². The van der Waals surface area contributed by atoms with Crippen LogP contribution < -0.4 is 5.32 Å². The van der Waals surface area contributed by atoms with Crippen molar-refractivity contribution in [2.24, 2.45) is 0 Å². The molecule has 6 nitrogen and oxygen atoms in total. The van der Waals surface area contributed by atoms with Crippen LogP contribution in [-0.2, 0) is 17.8 Å². The average Bonchev–Trinajstić information content (AvgIpc) is 3.08. The number of rotatable bonds is 5. The summed E-state index contributed by atoms with van der Waals surface area (Å²) in [4.78, 5) is 20.0. The summed E-state index contributed by atoms with van der Waals surface area (Å²) >= 11 is 0. The molecule has 0 aliphatic heterocycles. The highest BCUT2D eigenvalue weighted by molar-refractivity contribution is 5.78. The van der Waals surface area contributed by atoms with Crippen LogP contribution in [-0.4, -0.2) is 25.7 Å². The van der Waals surface area contributed by atoms with E-state index in [9.17, 15) is 4.79 Å². The van der Waals surface area contributed by atoms with E-state index >= 15 is 0 Å². The second kappa shape index (κ2) is 6.62. The largest absolute Gasteiger partial charge is 0.352 e. The van der Waals surface area contributed by atoms with E-state index in [0.29, 0.717) is 13.0 Å². The first-order valence-electron chi connectivity index (χ1n) is 6.91. The third-order valence-corrected chi connectivity index (χ3v) is 3.22. The van der Waals surface area contributed by atoms with Crippen LogP contribution >= 0.6 is 0 Å². The minimum atomic E-state index is -0.0404. The number of nitrogens with one attached hydrogen (secondary N) is 1. The topological polar surface area (TPSA) is 72.7 Å². The van der Waals surface area contributed by atoms with Gasteiger partial charge >= 0.3 is 0 Å². The molecule has 3 rings (SSSR count). The predicted molar refractivity (Wildman–Crippen MR) is 81.1 cm³/mol. The zero-order valence-corrected chi connectivity index (χ0v) is 11.9. The van der Waals surface area contributed by atoms with Gasteiger partial charge in [0.1, 0.15) is 12.7 Å². The van der Waals surface area contributed by atoms with Crippen molar-refractivity contribution in [1.82, 2.24) is 25.1 Å². The minimum absolute atomic E-state index is 0.0404. The Hall–Kier alpha value is -3.02. The quantitative estimate of drug-likeness (QED) is 0.774. The van der Waals surface area contributed by atoms with E-state index in [-0.39, 0.29) is 5.91 Å². The fourth-order valence-electron chi connectivity index (χ4n) is 2.16. The molecule has 0 saturated heterocycles. The fraction of sp³-hybridized carbons (Fsp3) is 0.125. The number of benzene rings is 1. The van der Waals surface area contributed by atoms with Gasteiger partial charge in [0.05, 0.1) is 12.1 Å². The van der Waals surface area contributed by atoms with Crippen LogP contribution in [0.4, 0.5) is 0 Å². The summed E-state index contributed by atoms with van der Waals surface area (Å²) in [5, 5.41) is 7.05. The summed E-state index contributed by atoms with van der Waals surface area (Å²) in [5.74, 6) is -0.0404. The van der Waals surface area contributed by atoms with Gasteiger partial charge < -0.3 is 5.32 Å². The highest BCUT2D eigenvalue weighted by Crippen LogP contribution is 2.12. The first kappa shape index (κ1) is 13.9. The Bertz CT molecular complexity index is 740. The van der Waals surface area contributed by atoms with Crippen molar-refractivity contribution in [3.05, 3.63) is 72.6 Å². The summed E-state index contributed by atoms with van der Waals surface area (Å²) in [7, 11) is 0. The molecule has 2 aromatic heterocycles. The number of carbonyl (C=O) groups is 1. The molecule has 0 unspecified atom stereocenters. The van der Waals surface area contributed by atoms with Gasteiger partial charge in [-0.15, -0.1) is 0 Å². The third-order valence-electron chi connectivity index (χ3n) is 3.22. The smallest absolute Gasteiger partial charge is 0.224 e. The van der Waals surface area contributed by atoms with Gasteiger partial charge in [0.2, 0.25) is 5.91 Å². The average molecular weight is 293 g/mol. The van der Waals surface area contributed by atoms with Crippen LogP contribution in [0.25, 0.3) is 5.69 Å². The lowest BCUT2D eigenvalue weighted by atomic mass is 10.1. The Morgan fingerprint density at radius 2 is 2.05 bits per heavy atom. The maximum absolute atomic E-state index is 12.0. The first-order valence-corrected chi connectivity index (χ1v) is 6.91. The van der Waals surface area contributed by atoms with Crippen LogP contribution in [0.3, 0.4) is 0 Å². The Morgan fingerprint density at radius 3 is 2.82 bits per heavy atom. The van der Waals surface area contributed by atoms with Gasteiger partial charge in [-0.25, -0.2) is 9.67 Å². The van der Waals surface area contributed by atoms with Crippen LogP contribution in [0.5, 0.6) is 0 Å². The van der Waals surface area contributed by atoms with Crippen molar-refractivity contribution in [1.29, 1.82) is 0 Å². The van der Waals surface area contributed by atoms with Gasteiger partial charge in [0.15, 0.2) is 0 Å². The Morgan fingerprint density at radius 1 is 1.14 bits per heavy atom. The Kier molecular flexibility index (Phi) is 4.20. The number of nitrogens with zero attached hydrogens (tertiary/aromatic N) is 4. The molecule has 1 N–H and O–H groups in total. The molecular weight excluding hydrogens is 278 g/mol. The SMILES string of the molecule is O=C(Cc1cccnc1)NCc1ccccc1-n1cncn1. The summed E-state index contributed by atoms with van der Waals surface area (Å²) in [6.07, 6.45) is 6.83. The van der Waals surface area contributed by atoms with Crippen molar-refractivity contribution >= 4 is 5.91 Å². The minimum Gasteiger partial charge on any atom is -0.352 e. The highest BCUT2D eigenvalue weighted by atomic mass is 16.1. The lowest BCUT2D eigenvalue weighted by Crippen LogP contribution is -2.25. The molecule has 22 heavy (non-hydrogen) atoms. The molecule has 1 amide bonds. The van der Waals surface area contributed by atoms with Gasteiger partial charge in [0.25, 0.3) is 0 Å². The van der Waals surface area contributed by atoms with E-state index < -0.39 is 0 Å². The number of hydrogen-bond acceptors (Lipinski definition) is 4. The summed E-state index contributed by atoms with van der Waals surface area (Å²) in [5.41, 5.74) is 2.78. The maximum Gasteiger partial charge on any atom is 0.224 e. The summed E-state index contributed by atoms with van der Waals surface area (Å²) in [6, 6.07) is 11.5. The maximum atomic E-state index is 12.0. The number of carbonyl (C=O) groups excluding carboxylic acids is 1. The van der Waals surface area contributed by atoms with E-state index in [4.69, 9.17) is 0 Å². The molecule has 0 atom stereocenters. The molecule has 0 saturated carbocycles. The number of aromatic nitrogens is 4. The van der Waals surface area contributed by atoms with Crippen LogP contribution in [0, 0.1) is 0 Å². The molecule has 110 valence electrons. The van der Waals surface area contributed by atoms with Gasteiger partial charge in [-0.3, -0.25) is 9.78 Å². The normalized spacial score (nSPS) is 10.4. The molecule has 1 aromatic carbocycles. The molecule has 0 radical (unpaired) electrons. The van der Waals surface area contributed by atoms with Crippen molar-refractivity contribution < 1.29 is 4.79 Å². The van der Waals surface area contributed by atoms with Crippen molar-refractivity contribution in [2.45, 2.75) is 13.0 Å². The van der Waals surface area contributed by atoms with Gasteiger partial charge in [-0.1, -0.05) is 24.3 Å². The van der Waals surface area contributed by atoms with E-state index in [2.05, 4.69) is 20.4 Å². The molecule has 3 aromatic rings. The standard InChI is InChI=1S/C16H15N5O/c22-16(8-13-4-3-7-17-9-13)19-10-14-5-1-2-6-15(14)21-12-18-11-20-21/h1-7,9,11-12H,8,10H2,(H,19,22). The zero-order chi connectivity index (χ0) is 15.2. The van der Waals surface area contributed by atoms with Crippen LogP contribution in [0.15, 0.2) is 61.4 Å². The molecule has 0 spiro atoms. The summed E-state index contributed by atoms with van der Waals surface area (Å²) < 4.78 is 1.68. The summed E-state index contributed by atoms with van der Waals surface area (Å²) in [6.45, 7) is 0.440. The van der Waals surface area contributed by atoms with Gasteiger partial charge in [-0.2, -0.15) is 5.10 Å². The molecule has 0 bridgehead atoms. The monoisotopic (exact) mass is 293 g/mol. The molecule has 2 heterocycles. The number of amides is 1. The van der Waals surface area contributed by atoms with E-state index in [1.54, 1.807) is 23.4 Å². The molecule has 0 aliphatic rings. The predicted octanol–water partition coefficient (Wildman–Crippen LogP) is 1.52. The number of para-hydroxylation sites is 1. The van der Waals surface area contributed by atoms with Crippen LogP contribution in [0.1, 0.15) is 11.1 Å². The lowest BCUT2D eigenvalue weighted by molar-refractivity contribution is -0.120. The van der Waals surface area contributed by atoms with Crippen molar-refractivity contribution in [2.75, 3.05) is 0 Å². The van der Waals surface area contributed by atoms with Crippen molar-refractivity contribution in [3.63, 3.8) is 0 Å². The molecular formula is C16H15N5O. The van der Waals surface area contributed by atoms with Gasteiger partial charge in [0, 0.05) is 18.9 Å². The van der Waals surface area contributed by atoms with Gasteiger partial charge in [-0.05, 0) is 23.3 Å². The van der Waals surface area contributed by atoms with Crippen molar-refractivity contribution in [3.8, 4) is 5.69 Å². The zero-order valence-electron chi connectivity index (χ0n) is 11.9. The molecule has 6 heteroatoms. The Balaban J connectivity index is 1.66. The molecule has 0 fully saturated rings. The van der Waals surface area contributed by atoms with E-state index in [1.807, 2.05) is 36.4 Å². The fourth-order valence-corrected chi connectivity index (χ4v) is 2.16. The second-order valence-electron chi connectivity index (χ2n) is 4.78. The molecule has 0 aliphatic carbocycles. The Labute approximate surface area is 127 Å².